The van der Waals surface area contributed by atoms with E-state index < -0.39 is 5.60 Å². The van der Waals surface area contributed by atoms with E-state index in [0.29, 0.717) is 25.2 Å². The monoisotopic (exact) mass is 331 g/mol. The van der Waals surface area contributed by atoms with Crippen LogP contribution < -0.4 is 5.56 Å². The van der Waals surface area contributed by atoms with Gasteiger partial charge in [-0.15, -0.1) is 0 Å². The molecule has 130 valence electrons. The number of piperidine rings is 1. The lowest BCUT2D eigenvalue weighted by molar-refractivity contribution is 0.0156. The molecule has 1 amide bonds. The molecule has 1 aliphatic heterocycles. The first-order valence-electron chi connectivity index (χ1n) is 8.29. The highest BCUT2D eigenvalue weighted by molar-refractivity contribution is 5.68. The van der Waals surface area contributed by atoms with Gasteiger partial charge in [0.15, 0.2) is 0 Å². The molecule has 0 bridgehead atoms. The summed E-state index contributed by atoms with van der Waals surface area (Å²) in [5.74, 6) is 0.179. The molecule has 1 saturated heterocycles. The Hall–Kier alpha value is -2.29. The molecule has 0 spiro atoms. The minimum atomic E-state index is -0.514. The summed E-state index contributed by atoms with van der Waals surface area (Å²) in [5, 5.41) is 9.12. The van der Waals surface area contributed by atoms with E-state index in [-0.39, 0.29) is 23.1 Å². The minimum absolute atomic E-state index is 0.179. The van der Waals surface area contributed by atoms with Crippen molar-refractivity contribution in [3.05, 3.63) is 33.7 Å². The molecule has 6 heteroatoms. The van der Waals surface area contributed by atoms with Crippen molar-refractivity contribution in [1.29, 1.82) is 5.26 Å². The second-order valence-corrected chi connectivity index (χ2v) is 7.38. The molecule has 1 unspecified atom stereocenters. The molecule has 0 N–H and O–H groups in total. The molecule has 1 atom stereocenters. The van der Waals surface area contributed by atoms with E-state index >= 15 is 0 Å². The molecule has 1 fully saturated rings. The van der Waals surface area contributed by atoms with E-state index in [1.165, 1.54) is 0 Å². The van der Waals surface area contributed by atoms with Gasteiger partial charge in [0.1, 0.15) is 17.2 Å². The number of ether oxygens (including phenoxy) is 1. The van der Waals surface area contributed by atoms with Crippen LogP contribution in [0.2, 0.25) is 0 Å². The van der Waals surface area contributed by atoms with Crippen LogP contribution in [-0.2, 0) is 11.3 Å². The topological polar surface area (TPSA) is 75.3 Å². The quantitative estimate of drug-likeness (QED) is 0.835. The Morgan fingerprint density at radius 2 is 2.17 bits per heavy atom. The van der Waals surface area contributed by atoms with Crippen LogP contribution in [0, 0.1) is 24.2 Å². The maximum Gasteiger partial charge on any atom is 0.410 e. The third-order valence-electron chi connectivity index (χ3n) is 4.11. The SMILES string of the molecule is Cc1ccn(CC2CCCN(C(=O)OC(C)(C)C)C2)c(=O)c1C#N. The number of nitriles is 1. The number of carbonyl (C=O) groups is 1. The molecule has 6 nitrogen and oxygen atoms in total. The molecule has 2 rings (SSSR count). The van der Waals surface area contributed by atoms with Crippen LogP contribution in [0.5, 0.6) is 0 Å². The lowest BCUT2D eigenvalue weighted by Gasteiger charge is -2.34. The van der Waals surface area contributed by atoms with E-state index in [0.717, 1.165) is 12.8 Å². The predicted molar refractivity (Wildman–Crippen MR) is 90.7 cm³/mol. The van der Waals surface area contributed by atoms with Gasteiger partial charge in [-0.05, 0) is 58.1 Å². The largest absolute Gasteiger partial charge is 0.444 e. The van der Waals surface area contributed by atoms with E-state index in [9.17, 15) is 9.59 Å². The number of amides is 1. The summed E-state index contributed by atoms with van der Waals surface area (Å²) in [6.45, 7) is 9.06. The number of nitrogens with zero attached hydrogens (tertiary/aromatic N) is 3. The Labute approximate surface area is 142 Å². The molecule has 2 heterocycles. The molecule has 1 aliphatic rings. The Morgan fingerprint density at radius 1 is 1.46 bits per heavy atom. The molecular weight excluding hydrogens is 306 g/mol. The normalized spacial score (nSPS) is 18.1. The lowest BCUT2D eigenvalue weighted by atomic mass is 9.98. The predicted octanol–water partition coefficient (Wildman–Crippen LogP) is 2.68. The van der Waals surface area contributed by atoms with E-state index in [2.05, 4.69) is 0 Å². The van der Waals surface area contributed by atoms with Crippen molar-refractivity contribution < 1.29 is 9.53 Å². The van der Waals surface area contributed by atoms with Gasteiger partial charge in [0, 0.05) is 25.8 Å². The highest BCUT2D eigenvalue weighted by Crippen LogP contribution is 2.20. The van der Waals surface area contributed by atoms with Gasteiger partial charge >= 0.3 is 6.09 Å². The number of hydrogen-bond donors (Lipinski definition) is 0. The van der Waals surface area contributed by atoms with Crippen LogP contribution in [0.3, 0.4) is 0 Å². The zero-order valence-electron chi connectivity index (χ0n) is 14.8. The number of likely N-dealkylation sites (tertiary alicyclic amines) is 1. The van der Waals surface area contributed by atoms with Crippen LogP contribution in [0.25, 0.3) is 0 Å². The van der Waals surface area contributed by atoms with Gasteiger partial charge < -0.3 is 14.2 Å². The smallest absolute Gasteiger partial charge is 0.410 e. The summed E-state index contributed by atoms with van der Waals surface area (Å²) in [6, 6.07) is 3.76. The van der Waals surface area contributed by atoms with Crippen molar-refractivity contribution in [2.75, 3.05) is 13.1 Å². The van der Waals surface area contributed by atoms with Gasteiger partial charge in [0.25, 0.3) is 5.56 Å². The number of hydrogen-bond acceptors (Lipinski definition) is 4. The Balaban J connectivity index is 2.08. The van der Waals surface area contributed by atoms with Crippen LogP contribution in [0.4, 0.5) is 4.79 Å². The van der Waals surface area contributed by atoms with Crippen LogP contribution >= 0.6 is 0 Å². The van der Waals surface area contributed by atoms with Crippen molar-refractivity contribution in [2.24, 2.45) is 5.92 Å². The van der Waals surface area contributed by atoms with Gasteiger partial charge in [0.05, 0.1) is 0 Å². The molecule has 0 saturated carbocycles. The maximum absolute atomic E-state index is 12.3. The summed E-state index contributed by atoms with van der Waals surface area (Å²) < 4.78 is 7.01. The fourth-order valence-electron chi connectivity index (χ4n) is 2.93. The molecule has 0 aliphatic carbocycles. The molecule has 1 aromatic heterocycles. The van der Waals surface area contributed by atoms with Crippen molar-refractivity contribution in [3.8, 4) is 6.07 Å². The van der Waals surface area contributed by atoms with Crippen molar-refractivity contribution in [3.63, 3.8) is 0 Å². The lowest BCUT2D eigenvalue weighted by Crippen LogP contribution is -2.44. The zero-order valence-corrected chi connectivity index (χ0v) is 14.8. The molecular formula is C18H25N3O3. The van der Waals surface area contributed by atoms with Crippen LogP contribution in [0.1, 0.15) is 44.7 Å². The standard InChI is InChI=1S/C18H25N3O3/c1-13-7-9-20(16(22)15(13)10-19)11-14-6-5-8-21(12-14)17(23)24-18(2,3)4/h7,9,14H,5-6,8,11-12H2,1-4H3. The summed E-state index contributed by atoms with van der Waals surface area (Å²) in [6.07, 6.45) is 3.25. The molecule has 24 heavy (non-hydrogen) atoms. The first-order valence-corrected chi connectivity index (χ1v) is 8.29. The summed E-state index contributed by atoms with van der Waals surface area (Å²) >= 11 is 0. The highest BCUT2D eigenvalue weighted by atomic mass is 16.6. The van der Waals surface area contributed by atoms with Crippen molar-refractivity contribution >= 4 is 6.09 Å². The van der Waals surface area contributed by atoms with Crippen molar-refractivity contribution in [2.45, 2.75) is 52.7 Å². The van der Waals surface area contributed by atoms with E-state index in [1.54, 1.807) is 28.7 Å². The Morgan fingerprint density at radius 3 is 2.79 bits per heavy atom. The zero-order chi connectivity index (χ0) is 17.9. The van der Waals surface area contributed by atoms with Gasteiger partial charge in [-0.2, -0.15) is 5.26 Å². The maximum atomic E-state index is 12.3. The molecule has 0 aromatic carbocycles. The average molecular weight is 331 g/mol. The second kappa shape index (κ2) is 7.08. The van der Waals surface area contributed by atoms with Crippen molar-refractivity contribution in [1.82, 2.24) is 9.47 Å². The van der Waals surface area contributed by atoms with Crippen LogP contribution in [0.15, 0.2) is 17.1 Å². The van der Waals surface area contributed by atoms with E-state index in [1.807, 2.05) is 26.8 Å². The molecule has 1 aromatic rings. The number of pyridine rings is 1. The first-order chi connectivity index (χ1) is 11.2. The number of carbonyl (C=O) groups excluding carboxylic acids is 1. The number of aryl methyl sites for hydroxylation is 1. The Kier molecular flexibility index (Phi) is 5.33. The number of aromatic nitrogens is 1. The summed E-state index contributed by atoms with van der Waals surface area (Å²) in [7, 11) is 0. The average Bonchev–Trinajstić information content (AvgIpc) is 2.49. The Bertz CT molecular complexity index is 710. The summed E-state index contributed by atoms with van der Waals surface area (Å²) in [4.78, 5) is 26.3. The third kappa shape index (κ3) is 4.38. The minimum Gasteiger partial charge on any atom is -0.444 e. The third-order valence-corrected chi connectivity index (χ3v) is 4.11. The molecule has 0 radical (unpaired) electrons. The highest BCUT2D eigenvalue weighted by Gasteiger charge is 2.28. The van der Waals surface area contributed by atoms with Gasteiger partial charge in [-0.3, -0.25) is 4.79 Å². The number of rotatable bonds is 2. The fourth-order valence-corrected chi connectivity index (χ4v) is 2.93. The fraction of sp³-hybridized carbons (Fsp3) is 0.611. The summed E-state index contributed by atoms with van der Waals surface area (Å²) in [5.41, 5.74) is 0.113. The first kappa shape index (κ1) is 18.1. The second-order valence-electron chi connectivity index (χ2n) is 7.38. The van der Waals surface area contributed by atoms with E-state index in [4.69, 9.17) is 10.00 Å². The van der Waals surface area contributed by atoms with Crippen LogP contribution in [-0.4, -0.2) is 34.3 Å². The van der Waals surface area contributed by atoms with Gasteiger partial charge in [-0.25, -0.2) is 4.79 Å². The van der Waals surface area contributed by atoms with Gasteiger partial charge in [-0.1, -0.05) is 0 Å². The van der Waals surface area contributed by atoms with Gasteiger partial charge in [0.2, 0.25) is 0 Å².